The van der Waals surface area contributed by atoms with E-state index in [0.717, 1.165) is 25.3 Å². The highest BCUT2D eigenvalue weighted by Gasteiger charge is 2.34. The predicted molar refractivity (Wildman–Crippen MR) is 84.6 cm³/mol. The number of hydrogen-bond donors (Lipinski definition) is 1. The average molecular weight is 281 g/mol. The molecule has 0 aliphatic carbocycles. The Kier molecular flexibility index (Phi) is 2.77. The van der Waals surface area contributed by atoms with Crippen molar-refractivity contribution in [1.29, 1.82) is 0 Å². The molecule has 1 saturated heterocycles. The fraction of sp³-hybridized carbons (Fsp3) is 0.353. The number of piperidine rings is 1. The second-order valence-corrected chi connectivity index (χ2v) is 6.19. The molecule has 0 amide bonds. The topological polar surface area (TPSA) is 51.3 Å². The summed E-state index contributed by atoms with van der Waals surface area (Å²) in [6, 6.07) is 13.8. The molecule has 2 atom stereocenters. The lowest BCUT2D eigenvalue weighted by Gasteiger charge is -2.43. The van der Waals surface area contributed by atoms with Gasteiger partial charge in [0.25, 0.3) is 5.56 Å². The molecule has 3 heterocycles. The summed E-state index contributed by atoms with van der Waals surface area (Å²) in [7, 11) is 0. The first kappa shape index (κ1) is 12.5. The number of hydrogen-bond acceptors (Lipinski definition) is 3. The van der Waals surface area contributed by atoms with E-state index in [1.807, 2.05) is 22.8 Å². The van der Waals surface area contributed by atoms with Crippen LogP contribution in [0.25, 0.3) is 0 Å². The summed E-state index contributed by atoms with van der Waals surface area (Å²) >= 11 is 0. The van der Waals surface area contributed by atoms with Gasteiger partial charge in [-0.15, -0.1) is 0 Å². The van der Waals surface area contributed by atoms with Gasteiger partial charge in [-0.2, -0.15) is 0 Å². The number of benzene rings is 1. The quantitative estimate of drug-likeness (QED) is 0.814. The van der Waals surface area contributed by atoms with Crippen LogP contribution in [-0.4, -0.2) is 17.7 Å². The van der Waals surface area contributed by atoms with Crippen molar-refractivity contribution < 1.29 is 0 Å². The largest absolute Gasteiger partial charge is 0.399 e. The minimum atomic E-state index is 0.142. The molecule has 108 valence electrons. The van der Waals surface area contributed by atoms with Crippen molar-refractivity contribution in [3.05, 3.63) is 58.5 Å². The van der Waals surface area contributed by atoms with Gasteiger partial charge < -0.3 is 15.2 Å². The first-order valence-electron chi connectivity index (χ1n) is 7.51. The zero-order valence-corrected chi connectivity index (χ0v) is 11.9. The highest BCUT2D eigenvalue weighted by atomic mass is 16.1. The van der Waals surface area contributed by atoms with E-state index in [0.29, 0.717) is 11.8 Å². The van der Waals surface area contributed by atoms with Crippen molar-refractivity contribution in [2.45, 2.75) is 18.9 Å². The van der Waals surface area contributed by atoms with Gasteiger partial charge >= 0.3 is 0 Å². The monoisotopic (exact) mass is 281 g/mol. The molecule has 4 rings (SSSR count). The lowest BCUT2D eigenvalue weighted by atomic mass is 9.83. The van der Waals surface area contributed by atoms with Crippen LogP contribution in [0.1, 0.15) is 18.0 Å². The molecule has 2 aliphatic heterocycles. The molecule has 1 aromatic heterocycles. The van der Waals surface area contributed by atoms with Gasteiger partial charge in [-0.25, -0.2) is 0 Å². The smallest absolute Gasteiger partial charge is 0.250 e. The minimum absolute atomic E-state index is 0.142. The van der Waals surface area contributed by atoms with Crippen LogP contribution in [0.15, 0.2) is 47.3 Å². The number of anilines is 2. The summed E-state index contributed by atoms with van der Waals surface area (Å²) in [5, 5.41) is 0. The van der Waals surface area contributed by atoms with E-state index < -0.39 is 0 Å². The summed E-state index contributed by atoms with van der Waals surface area (Å²) < 4.78 is 1.97. The zero-order chi connectivity index (χ0) is 14.4. The van der Waals surface area contributed by atoms with Gasteiger partial charge in [-0.3, -0.25) is 4.79 Å². The molecule has 0 saturated carbocycles. The Hall–Kier alpha value is -2.23. The van der Waals surface area contributed by atoms with Crippen molar-refractivity contribution >= 4 is 11.4 Å². The third-order valence-corrected chi connectivity index (χ3v) is 4.74. The van der Waals surface area contributed by atoms with Crippen LogP contribution in [0.3, 0.4) is 0 Å². The summed E-state index contributed by atoms with van der Waals surface area (Å²) in [4.78, 5) is 14.4. The van der Waals surface area contributed by atoms with Crippen LogP contribution in [0.5, 0.6) is 0 Å². The van der Waals surface area contributed by atoms with E-state index in [2.05, 4.69) is 23.1 Å². The van der Waals surface area contributed by atoms with Crippen LogP contribution in [0, 0.1) is 5.92 Å². The molecule has 2 aromatic rings. The second kappa shape index (κ2) is 4.65. The third-order valence-electron chi connectivity index (χ3n) is 4.74. The van der Waals surface area contributed by atoms with Crippen LogP contribution in [0.4, 0.5) is 11.4 Å². The Morgan fingerprint density at radius 2 is 1.81 bits per heavy atom. The fourth-order valence-corrected chi connectivity index (χ4v) is 3.79. The van der Waals surface area contributed by atoms with Crippen LogP contribution < -0.4 is 16.2 Å². The molecule has 0 unspecified atom stereocenters. The molecular formula is C17H19N3O. The molecule has 2 N–H and O–H groups in total. The fourth-order valence-electron chi connectivity index (χ4n) is 3.79. The van der Waals surface area contributed by atoms with Crippen molar-refractivity contribution in [3.8, 4) is 0 Å². The van der Waals surface area contributed by atoms with E-state index in [1.165, 1.54) is 17.8 Å². The highest BCUT2D eigenvalue weighted by molar-refractivity contribution is 5.54. The van der Waals surface area contributed by atoms with Gasteiger partial charge in [0, 0.05) is 48.7 Å². The summed E-state index contributed by atoms with van der Waals surface area (Å²) in [5.74, 6) is 0.998. The van der Waals surface area contributed by atoms with Crippen molar-refractivity contribution in [1.82, 2.24) is 4.57 Å². The van der Waals surface area contributed by atoms with Gasteiger partial charge in [0.15, 0.2) is 0 Å². The molecule has 1 fully saturated rings. The maximum atomic E-state index is 12.0. The summed E-state index contributed by atoms with van der Waals surface area (Å²) in [6.45, 7) is 2.84. The molecule has 1 aromatic carbocycles. The molecule has 4 nitrogen and oxygen atoms in total. The highest BCUT2D eigenvalue weighted by Crippen LogP contribution is 2.36. The average Bonchev–Trinajstić information content (AvgIpc) is 2.49. The van der Waals surface area contributed by atoms with Gasteiger partial charge in [0.05, 0.1) is 0 Å². The minimum Gasteiger partial charge on any atom is -0.399 e. The molecule has 4 heteroatoms. The summed E-state index contributed by atoms with van der Waals surface area (Å²) in [6.07, 6.45) is 1.19. The number of aromatic nitrogens is 1. The van der Waals surface area contributed by atoms with Crippen molar-refractivity contribution in [2.75, 3.05) is 23.7 Å². The summed E-state index contributed by atoms with van der Waals surface area (Å²) in [5.41, 5.74) is 9.13. The SMILES string of the molecule is Nc1ccc(N2C[C@@H]3C[C@@H](C2)c2cccc(=O)n2C3)cc1. The number of rotatable bonds is 1. The van der Waals surface area contributed by atoms with Gasteiger partial charge in [-0.05, 0) is 42.7 Å². The Balaban J connectivity index is 1.68. The number of fused-ring (bicyclic) bond motifs is 4. The Morgan fingerprint density at radius 3 is 2.62 bits per heavy atom. The van der Waals surface area contributed by atoms with Gasteiger partial charge in [-0.1, -0.05) is 6.07 Å². The standard InChI is InChI=1S/C17H19N3O/c18-14-4-6-15(7-5-14)19-9-12-8-13(11-19)16-2-1-3-17(21)20(16)10-12/h1-7,12-13H,8-11,18H2/t12-,13-/m0/s1. The Bertz CT molecular complexity index is 720. The van der Waals surface area contributed by atoms with E-state index >= 15 is 0 Å². The number of nitrogens with two attached hydrogens (primary N) is 1. The molecule has 2 bridgehead atoms. The first-order valence-corrected chi connectivity index (χ1v) is 7.51. The molecule has 0 spiro atoms. The van der Waals surface area contributed by atoms with Crippen molar-refractivity contribution in [3.63, 3.8) is 0 Å². The van der Waals surface area contributed by atoms with Crippen LogP contribution >= 0.6 is 0 Å². The van der Waals surface area contributed by atoms with E-state index in [9.17, 15) is 4.79 Å². The normalized spacial score (nSPS) is 23.7. The predicted octanol–water partition coefficient (Wildman–Crippen LogP) is 2.05. The maximum absolute atomic E-state index is 12.0. The maximum Gasteiger partial charge on any atom is 0.250 e. The van der Waals surface area contributed by atoms with E-state index in [4.69, 9.17) is 5.73 Å². The zero-order valence-electron chi connectivity index (χ0n) is 11.9. The number of nitrogens with zero attached hydrogens (tertiary/aromatic N) is 2. The lowest BCUT2D eigenvalue weighted by molar-refractivity contribution is 0.281. The van der Waals surface area contributed by atoms with Crippen LogP contribution in [0.2, 0.25) is 0 Å². The van der Waals surface area contributed by atoms with Gasteiger partial charge in [0.1, 0.15) is 0 Å². The van der Waals surface area contributed by atoms with Crippen LogP contribution in [-0.2, 0) is 6.54 Å². The molecular weight excluding hydrogens is 262 g/mol. The molecule has 21 heavy (non-hydrogen) atoms. The van der Waals surface area contributed by atoms with E-state index in [-0.39, 0.29) is 5.56 Å². The number of nitrogen functional groups attached to an aromatic ring is 1. The lowest BCUT2D eigenvalue weighted by Crippen LogP contribution is -2.47. The second-order valence-electron chi connectivity index (χ2n) is 6.19. The van der Waals surface area contributed by atoms with E-state index in [1.54, 1.807) is 6.07 Å². The Labute approximate surface area is 123 Å². The van der Waals surface area contributed by atoms with Gasteiger partial charge in [0.2, 0.25) is 0 Å². The molecule has 0 radical (unpaired) electrons. The first-order chi connectivity index (χ1) is 10.2. The third kappa shape index (κ3) is 2.11. The Morgan fingerprint density at radius 1 is 1.00 bits per heavy atom. The number of pyridine rings is 1. The van der Waals surface area contributed by atoms with Crippen molar-refractivity contribution in [2.24, 2.45) is 5.92 Å². The molecule has 2 aliphatic rings.